The van der Waals surface area contributed by atoms with Crippen molar-refractivity contribution in [3.63, 3.8) is 0 Å². The van der Waals surface area contributed by atoms with Crippen LogP contribution < -0.4 is 14.4 Å². The molecule has 0 saturated carbocycles. The van der Waals surface area contributed by atoms with Crippen LogP contribution in [0.25, 0.3) is 11.4 Å². The summed E-state index contributed by atoms with van der Waals surface area (Å²) in [6.07, 6.45) is 3.55. The molecule has 2 heterocycles. The van der Waals surface area contributed by atoms with Crippen molar-refractivity contribution in [2.45, 2.75) is 26.3 Å². The highest BCUT2D eigenvalue weighted by Gasteiger charge is 2.30. The molecule has 0 aliphatic carbocycles. The van der Waals surface area contributed by atoms with Crippen LogP contribution in [-0.4, -0.2) is 54.8 Å². The summed E-state index contributed by atoms with van der Waals surface area (Å²) >= 11 is 0. The van der Waals surface area contributed by atoms with Gasteiger partial charge in [0.1, 0.15) is 6.54 Å². The number of benzene rings is 2. The van der Waals surface area contributed by atoms with E-state index in [9.17, 15) is 4.79 Å². The van der Waals surface area contributed by atoms with Crippen molar-refractivity contribution >= 4 is 11.6 Å². The van der Waals surface area contributed by atoms with Crippen molar-refractivity contribution in [3.8, 4) is 22.9 Å². The minimum absolute atomic E-state index is 0.0765. The maximum absolute atomic E-state index is 13.5. The van der Waals surface area contributed by atoms with E-state index in [1.807, 2.05) is 6.07 Å². The zero-order chi connectivity index (χ0) is 24.8. The number of carbonyl (C=O) groups is 1. The highest BCUT2D eigenvalue weighted by molar-refractivity contribution is 5.80. The third-order valence-electron chi connectivity index (χ3n) is 6.27. The Hall–Kier alpha value is -3.81. The van der Waals surface area contributed by atoms with Crippen molar-refractivity contribution in [1.29, 1.82) is 0 Å². The topological polar surface area (TPSA) is 80.9 Å². The van der Waals surface area contributed by atoms with Gasteiger partial charge in [-0.05, 0) is 50.1 Å². The molecule has 1 aliphatic rings. The molecular formula is C27H32N4O4. The smallest absolute Gasteiger partial charge is 0.246 e. The summed E-state index contributed by atoms with van der Waals surface area (Å²) in [7, 11) is 3.16. The van der Waals surface area contributed by atoms with Gasteiger partial charge in [-0.2, -0.15) is 4.98 Å². The molecule has 8 nitrogen and oxygen atoms in total. The Morgan fingerprint density at radius 3 is 2.69 bits per heavy atom. The number of amides is 1. The number of aromatic nitrogens is 2. The second kappa shape index (κ2) is 11.1. The number of rotatable bonds is 9. The van der Waals surface area contributed by atoms with Gasteiger partial charge in [0.15, 0.2) is 11.5 Å². The van der Waals surface area contributed by atoms with Crippen molar-refractivity contribution in [2.24, 2.45) is 5.92 Å². The summed E-state index contributed by atoms with van der Waals surface area (Å²) in [5.74, 6) is 1.97. The van der Waals surface area contributed by atoms with Gasteiger partial charge in [0.2, 0.25) is 17.6 Å². The molecule has 1 unspecified atom stereocenters. The number of hydrogen-bond acceptors (Lipinski definition) is 7. The number of anilines is 1. The van der Waals surface area contributed by atoms with E-state index in [4.69, 9.17) is 14.0 Å². The maximum atomic E-state index is 13.5. The molecular weight excluding hydrogens is 444 g/mol. The van der Waals surface area contributed by atoms with Crippen LogP contribution in [0.3, 0.4) is 0 Å². The third kappa shape index (κ3) is 5.65. The Morgan fingerprint density at radius 2 is 1.97 bits per heavy atom. The van der Waals surface area contributed by atoms with E-state index in [1.165, 1.54) is 5.56 Å². The molecule has 1 atom stereocenters. The Balaban J connectivity index is 1.46. The standard InChI is InChI=1S/C27H32N4O4/c1-5-14-31(27(32)21-7-6-15-30(17-21)22-11-8-19(2)9-12-22)18-25-28-26(29-35-25)20-10-13-23(33-3)24(16-20)34-4/h5,8-13,16,21H,1,6-7,14-15,17-18H2,2-4H3. The third-order valence-corrected chi connectivity index (χ3v) is 6.27. The molecule has 4 rings (SSSR count). The Kier molecular flexibility index (Phi) is 7.70. The molecule has 0 radical (unpaired) electrons. The predicted octanol–water partition coefficient (Wildman–Crippen LogP) is 4.49. The molecule has 1 saturated heterocycles. The van der Waals surface area contributed by atoms with Crippen LogP contribution in [0.1, 0.15) is 24.3 Å². The second-order valence-electron chi connectivity index (χ2n) is 8.71. The number of ether oxygens (including phenoxy) is 2. The first-order chi connectivity index (χ1) is 17.0. The van der Waals surface area contributed by atoms with E-state index in [2.05, 4.69) is 52.8 Å². The van der Waals surface area contributed by atoms with E-state index in [0.29, 0.717) is 36.3 Å². The second-order valence-corrected chi connectivity index (χ2v) is 8.71. The molecule has 0 N–H and O–H groups in total. The summed E-state index contributed by atoms with van der Waals surface area (Å²) in [6, 6.07) is 13.9. The highest BCUT2D eigenvalue weighted by Crippen LogP contribution is 2.31. The minimum atomic E-state index is -0.0988. The number of hydrogen-bond donors (Lipinski definition) is 0. The summed E-state index contributed by atoms with van der Waals surface area (Å²) in [4.78, 5) is 22.0. The lowest BCUT2D eigenvalue weighted by atomic mass is 9.95. The van der Waals surface area contributed by atoms with Crippen LogP contribution in [0.5, 0.6) is 11.5 Å². The van der Waals surface area contributed by atoms with Crippen molar-refractivity contribution < 1.29 is 18.8 Å². The van der Waals surface area contributed by atoms with Gasteiger partial charge in [-0.15, -0.1) is 6.58 Å². The zero-order valence-corrected chi connectivity index (χ0v) is 20.6. The first-order valence-corrected chi connectivity index (χ1v) is 11.8. The monoisotopic (exact) mass is 476 g/mol. The highest BCUT2D eigenvalue weighted by atomic mass is 16.5. The van der Waals surface area contributed by atoms with Crippen LogP contribution in [0.4, 0.5) is 5.69 Å². The lowest BCUT2D eigenvalue weighted by Crippen LogP contribution is -2.44. The fraction of sp³-hybridized carbons (Fsp3) is 0.370. The Labute approximate surface area is 206 Å². The summed E-state index contributed by atoms with van der Waals surface area (Å²) in [5.41, 5.74) is 3.11. The minimum Gasteiger partial charge on any atom is -0.493 e. The molecule has 2 aromatic carbocycles. The van der Waals surface area contributed by atoms with Crippen LogP contribution >= 0.6 is 0 Å². The normalized spacial score (nSPS) is 15.5. The summed E-state index contributed by atoms with van der Waals surface area (Å²) in [5, 5.41) is 4.11. The first kappa shape index (κ1) is 24.3. The molecule has 1 fully saturated rings. The molecule has 1 aliphatic heterocycles. The molecule has 0 spiro atoms. The van der Waals surface area contributed by atoms with E-state index in [0.717, 1.165) is 30.6 Å². The molecule has 1 aromatic heterocycles. The van der Waals surface area contributed by atoms with E-state index >= 15 is 0 Å². The molecule has 35 heavy (non-hydrogen) atoms. The number of aryl methyl sites for hydroxylation is 1. The number of piperidine rings is 1. The van der Waals surface area contributed by atoms with Gasteiger partial charge in [-0.25, -0.2) is 0 Å². The van der Waals surface area contributed by atoms with Gasteiger partial charge < -0.3 is 23.8 Å². The lowest BCUT2D eigenvalue weighted by Gasteiger charge is -2.35. The molecule has 0 bridgehead atoms. The Bertz CT molecular complexity index is 1160. The molecule has 184 valence electrons. The Morgan fingerprint density at radius 1 is 1.20 bits per heavy atom. The SMILES string of the molecule is C=CCN(Cc1nc(-c2ccc(OC)c(OC)c2)no1)C(=O)C1CCCN(c2ccc(C)cc2)C1. The van der Waals surface area contributed by atoms with Crippen molar-refractivity contribution in [2.75, 3.05) is 38.8 Å². The van der Waals surface area contributed by atoms with Crippen LogP contribution in [-0.2, 0) is 11.3 Å². The van der Waals surface area contributed by atoms with Gasteiger partial charge in [-0.3, -0.25) is 4.79 Å². The van der Waals surface area contributed by atoms with Crippen molar-refractivity contribution in [3.05, 3.63) is 66.6 Å². The van der Waals surface area contributed by atoms with Crippen LogP contribution in [0.15, 0.2) is 59.6 Å². The number of methoxy groups -OCH3 is 2. The van der Waals surface area contributed by atoms with Gasteiger partial charge in [-0.1, -0.05) is 28.9 Å². The average Bonchev–Trinajstić information content (AvgIpc) is 3.36. The van der Waals surface area contributed by atoms with Gasteiger partial charge in [0, 0.05) is 30.9 Å². The molecule has 1 amide bonds. The van der Waals surface area contributed by atoms with Crippen LogP contribution in [0, 0.1) is 12.8 Å². The number of carbonyl (C=O) groups excluding carboxylic acids is 1. The van der Waals surface area contributed by atoms with E-state index in [1.54, 1.807) is 37.3 Å². The predicted molar refractivity (Wildman–Crippen MR) is 135 cm³/mol. The number of nitrogens with zero attached hydrogens (tertiary/aromatic N) is 4. The fourth-order valence-electron chi connectivity index (χ4n) is 4.39. The van der Waals surface area contributed by atoms with E-state index in [-0.39, 0.29) is 18.4 Å². The molecule has 8 heteroatoms. The fourth-order valence-corrected chi connectivity index (χ4v) is 4.39. The maximum Gasteiger partial charge on any atom is 0.246 e. The van der Waals surface area contributed by atoms with Gasteiger partial charge in [0.25, 0.3) is 0 Å². The van der Waals surface area contributed by atoms with Gasteiger partial charge >= 0.3 is 0 Å². The van der Waals surface area contributed by atoms with Crippen molar-refractivity contribution in [1.82, 2.24) is 15.0 Å². The largest absolute Gasteiger partial charge is 0.493 e. The zero-order valence-electron chi connectivity index (χ0n) is 20.6. The average molecular weight is 477 g/mol. The quantitative estimate of drug-likeness (QED) is 0.421. The first-order valence-electron chi connectivity index (χ1n) is 11.8. The van der Waals surface area contributed by atoms with Gasteiger partial charge in [0.05, 0.1) is 20.1 Å². The van der Waals surface area contributed by atoms with E-state index < -0.39 is 0 Å². The summed E-state index contributed by atoms with van der Waals surface area (Å²) < 4.78 is 16.2. The molecule has 3 aromatic rings. The summed E-state index contributed by atoms with van der Waals surface area (Å²) in [6.45, 7) is 8.19. The van der Waals surface area contributed by atoms with Crippen LogP contribution in [0.2, 0.25) is 0 Å². The lowest BCUT2D eigenvalue weighted by molar-refractivity contribution is -0.136.